The highest BCUT2D eigenvalue weighted by Crippen LogP contribution is 2.30. The molecule has 1 aliphatic heterocycles. The van der Waals surface area contributed by atoms with Crippen LogP contribution in [0, 0.1) is 6.92 Å². The van der Waals surface area contributed by atoms with Crippen LogP contribution in [0.25, 0.3) is 11.0 Å². The van der Waals surface area contributed by atoms with E-state index >= 15 is 0 Å². The van der Waals surface area contributed by atoms with E-state index in [1.807, 2.05) is 6.92 Å². The molecule has 144 valence electrons. The van der Waals surface area contributed by atoms with Crippen LogP contribution in [0.15, 0.2) is 27.4 Å². The lowest BCUT2D eigenvalue weighted by Crippen LogP contribution is -2.50. The Morgan fingerprint density at radius 3 is 2.81 bits per heavy atom. The molecule has 0 aliphatic carbocycles. The second-order valence-corrected chi connectivity index (χ2v) is 6.78. The van der Waals surface area contributed by atoms with E-state index in [0.29, 0.717) is 42.7 Å². The number of aliphatic carboxylic acids is 1. The Labute approximate surface area is 156 Å². The van der Waals surface area contributed by atoms with Crippen molar-refractivity contribution >= 4 is 22.8 Å². The Morgan fingerprint density at radius 1 is 1.41 bits per heavy atom. The maximum atomic E-state index is 12.6. The fourth-order valence-electron chi connectivity index (χ4n) is 3.58. The molecule has 2 atom stereocenters. The molecule has 1 fully saturated rings. The molecule has 1 amide bonds. The number of likely N-dealkylation sites (tertiary alicyclic amines) is 1. The molecule has 1 saturated heterocycles. The average molecular weight is 372 g/mol. The Kier molecular flexibility index (Phi) is 5.21. The van der Waals surface area contributed by atoms with Gasteiger partial charge in [0, 0.05) is 23.6 Å². The number of benzene rings is 1. The molecule has 27 heavy (non-hydrogen) atoms. The van der Waals surface area contributed by atoms with Crippen molar-refractivity contribution in [3.8, 4) is 5.75 Å². The van der Waals surface area contributed by atoms with Gasteiger partial charge in [0.1, 0.15) is 11.3 Å². The van der Waals surface area contributed by atoms with Gasteiger partial charge in [-0.2, -0.15) is 0 Å². The van der Waals surface area contributed by atoms with Crippen LogP contribution in [0.4, 0.5) is 0 Å². The van der Waals surface area contributed by atoms with Crippen molar-refractivity contribution in [2.75, 3.05) is 6.54 Å². The number of nitrogens with zero attached hydrogens (tertiary/aromatic N) is 1. The van der Waals surface area contributed by atoms with E-state index in [1.54, 1.807) is 26.0 Å². The molecule has 0 radical (unpaired) electrons. The molecule has 2 aromatic rings. The van der Waals surface area contributed by atoms with Crippen molar-refractivity contribution < 1.29 is 23.8 Å². The molecule has 0 saturated carbocycles. The fraction of sp³-hybridized carbons (Fsp3) is 0.450. The summed E-state index contributed by atoms with van der Waals surface area (Å²) in [5.41, 5.74) is 1.51. The topological polar surface area (TPSA) is 99.9 Å². The number of fused-ring (bicyclic) bond motifs is 1. The van der Waals surface area contributed by atoms with Gasteiger partial charge in [-0.3, -0.25) is 4.79 Å². The van der Waals surface area contributed by atoms with Crippen LogP contribution in [0.5, 0.6) is 5.75 Å². The minimum Gasteiger partial charge on any atom is -0.548 e. The zero-order valence-corrected chi connectivity index (χ0v) is 15.6. The second kappa shape index (κ2) is 7.42. The maximum absolute atomic E-state index is 12.6. The van der Waals surface area contributed by atoms with E-state index in [2.05, 4.69) is 0 Å². The summed E-state index contributed by atoms with van der Waals surface area (Å²) in [6.07, 6.45) is 0.829. The summed E-state index contributed by atoms with van der Waals surface area (Å²) >= 11 is 0. The van der Waals surface area contributed by atoms with Crippen LogP contribution >= 0.6 is 0 Å². The van der Waals surface area contributed by atoms with Crippen LogP contribution in [-0.4, -0.2) is 35.5 Å². The summed E-state index contributed by atoms with van der Waals surface area (Å²) in [7, 11) is 0. The zero-order valence-electron chi connectivity index (χ0n) is 15.6. The molecule has 1 aliphatic rings. The van der Waals surface area contributed by atoms with Crippen LogP contribution in [0.3, 0.4) is 0 Å². The van der Waals surface area contributed by atoms with Crippen molar-refractivity contribution in [2.45, 2.75) is 52.2 Å². The first-order valence-corrected chi connectivity index (χ1v) is 9.07. The molecule has 0 bridgehead atoms. The average Bonchev–Trinajstić information content (AvgIpc) is 3.13. The highest BCUT2D eigenvalue weighted by molar-refractivity contribution is 5.87. The van der Waals surface area contributed by atoms with Gasteiger partial charge in [0.15, 0.2) is 6.10 Å². The first kappa shape index (κ1) is 18.9. The Balaban J connectivity index is 1.88. The largest absolute Gasteiger partial charge is 0.548 e. The summed E-state index contributed by atoms with van der Waals surface area (Å²) < 4.78 is 11.2. The SMILES string of the molecule is CCc1cc(=O)oc2c(C)c(O[C@@H](C)C(=O)N3CCC[C@@H]3C(=O)[O-])ccc12. The number of amides is 1. The van der Waals surface area contributed by atoms with Gasteiger partial charge in [0.05, 0.1) is 12.0 Å². The molecule has 7 heteroatoms. The van der Waals surface area contributed by atoms with Crippen LogP contribution in [-0.2, 0) is 16.0 Å². The first-order valence-electron chi connectivity index (χ1n) is 9.07. The number of rotatable bonds is 5. The Morgan fingerprint density at radius 2 is 2.15 bits per heavy atom. The Bertz CT molecular complexity index is 947. The van der Waals surface area contributed by atoms with Crippen LogP contribution < -0.4 is 15.5 Å². The summed E-state index contributed by atoms with van der Waals surface area (Å²) in [5, 5.41) is 12.0. The van der Waals surface area contributed by atoms with Crippen molar-refractivity contribution in [3.63, 3.8) is 0 Å². The molecule has 0 unspecified atom stereocenters. The second-order valence-electron chi connectivity index (χ2n) is 6.78. The number of carbonyl (C=O) groups excluding carboxylic acids is 2. The molecular weight excluding hydrogens is 350 g/mol. The van der Waals surface area contributed by atoms with Gasteiger partial charge in [0.25, 0.3) is 5.91 Å². The quantitative estimate of drug-likeness (QED) is 0.731. The van der Waals surface area contributed by atoms with E-state index in [9.17, 15) is 19.5 Å². The van der Waals surface area contributed by atoms with Crippen molar-refractivity contribution in [1.29, 1.82) is 0 Å². The maximum Gasteiger partial charge on any atom is 0.336 e. The summed E-state index contributed by atoms with van der Waals surface area (Å²) in [5.74, 6) is -1.22. The Hall–Kier alpha value is -2.83. The normalized spacial score (nSPS) is 17.9. The van der Waals surface area contributed by atoms with E-state index in [1.165, 1.54) is 11.0 Å². The number of carbonyl (C=O) groups is 2. The number of ether oxygens (including phenoxy) is 1. The first-order chi connectivity index (χ1) is 12.8. The zero-order chi connectivity index (χ0) is 19.7. The van der Waals surface area contributed by atoms with Gasteiger partial charge in [-0.25, -0.2) is 4.79 Å². The van der Waals surface area contributed by atoms with E-state index in [0.717, 1.165) is 10.9 Å². The predicted octanol–water partition coefficient (Wildman–Crippen LogP) is 1.17. The van der Waals surface area contributed by atoms with Crippen molar-refractivity contribution in [1.82, 2.24) is 4.90 Å². The van der Waals surface area contributed by atoms with E-state index < -0.39 is 29.6 Å². The van der Waals surface area contributed by atoms with Crippen LogP contribution in [0.1, 0.15) is 37.8 Å². The molecule has 0 spiro atoms. The van der Waals surface area contributed by atoms with Gasteiger partial charge < -0.3 is 24.0 Å². The van der Waals surface area contributed by atoms with Gasteiger partial charge >= 0.3 is 5.63 Å². The molecule has 7 nitrogen and oxygen atoms in total. The summed E-state index contributed by atoms with van der Waals surface area (Å²) in [6, 6.07) is 4.10. The molecule has 0 N–H and O–H groups in total. The lowest BCUT2D eigenvalue weighted by Gasteiger charge is -2.28. The standard InChI is InChI=1S/C20H23NO6/c1-4-13-10-17(22)27-18-11(2)16(8-7-14(13)18)26-12(3)19(23)21-9-5-6-15(21)20(24)25/h7-8,10,12,15H,4-6,9H2,1-3H3,(H,24,25)/p-1/t12-,15+/m0/s1. The van der Waals surface area contributed by atoms with Gasteiger partial charge in [0.2, 0.25) is 0 Å². The van der Waals surface area contributed by atoms with Gasteiger partial charge in [-0.1, -0.05) is 6.92 Å². The molecule has 3 rings (SSSR count). The monoisotopic (exact) mass is 372 g/mol. The molecule has 1 aromatic heterocycles. The third-order valence-electron chi connectivity index (χ3n) is 5.04. The van der Waals surface area contributed by atoms with Crippen molar-refractivity contribution in [3.05, 3.63) is 39.7 Å². The smallest absolute Gasteiger partial charge is 0.336 e. The lowest BCUT2D eigenvalue weighted by molar-refractivity contribution is -0.310. The predicted molar refractivity (Wildman–Crippen MR) is 96.4 cm³/mol. The summed E-state index contributed by atoms with van der Waals surface area (Å²) in [6.45, 7) is 5.67. The van der Waals surface area contributed by atoms with E-state index in [-0.39, 0.29) is 0 Å². The third kappa shape index (κ3) is 3.54. The van der Waals surface area contributed by atoms with E-state index in [4.69, 9.17) is 9.15 Å². The number of carboxylic acid groups (broad SMARTS) is 1. The minimum atomic E-state index is -1.25. The fourth-order valence-corrected chi connectivity index (χ4v) is 3.58. The number of aryl methyl sites for hydroxylation is 2. The van der Waals surface area contributed by atoms with Crippen molar-refractivity contribution in [2.24, 2.45) is 0 Å². The minimum absolute atomic E-state index is 0.372. The molecule has 2 heterocycles. The van der Waals surface area contributed by atoms with Gasteiger partial charge in [-0.05, 0) is 50.8 Å². The number of hydrogen-bond acceptors (Lipinski definition) is 6. The van der Waals surface area contributed by atoms with Crippen LogP contribution in [0.2, 0.25) is 0 Å². The summed E-state index contributed by atoms with van der Waals surface area (Å²) in [4.78, 5) is 36.9. The molecule has 1 aromatic carbocycles. The highest BCUT2D eigenvalue weighted by atomic mass is 16.5. The number of carboxylic acids is 1. The van der Waals surface area contributed by atoms with Gasteiger partial charge in [-0.15, -0.1) is 0 Å². The molecular formula is C20H22NO6-. The third-order valence-corrected chi connectivity index (χ3v) is 5.04. The highest BCUT2D eigenvalue weighted by Gasteiger charge is 2.33. The lowest BCUT2D eigenvalue weighted by atomic mass is 10.0. The number of hydrogen-bond donors (Lipinski definition) is 0.